The number of rotatable bonds is 7. The SMILES string of the molecule is N#Cc1ccc(N2CCC[C@H](N[C@@H]3CCCC[C@H]3N(Cc3ccc(OC(F)(F)F)cc3)C(=O)O)C2)cc1. The Morgan fingerprint density at radius 1 is 1.08 bits per heavy atom. The number of anilines is 1. The Hall–Kier alpha value is -3.45. The number of nitrogens with zero attached hydrogens (tertiary/aromatic N) is 3. The molecule has 37 heavy (non-hydrogen) atoms. The first-order valence-electron chi connectivity index (χ1n) is 12.6. The van der Waals surface area contributed by atoms with E-state index in [0.29, 0.717) is 11.1 Å². The average Bonchev–Trinajstić information content (AvgIpc) is 2.88. The summed E-state index contributed by atoms with van der Waals surface area (Å²) in [6, 6.07) is 15.0. The maximum absolute atomic E-state index is 12.5. The van der Waals surface area contributed by atoms with Crippen LogP contribution in [0.5, 0.6) is 5.75 Å². The molecule has 0 unspecified atom stereocenters. The van der Waals surface area contributed by atoms with Crippen molar-refractivity contribution in [3.05, 3.63) is 59.7 Å². The van der Waals surface area contributed by atoms with Crippen molar-refractivity contribution in [2.75, 3.05) is 18.0 Å². The average molecular weight is 517 g/mol. The zero-order chi connectivity index (χ0) is 26.4. The first kappa shape index (κ1) is 26.6. The summed E-state index contributed by atoms with van der Waals surface area (Å²) in [5.41, 5.74) is 2.29. The second-order valence-corrected chi connectivity index (χ2v) is 9.67. The number of carboxylic acid groups (broad SMARTS) is 1. The van der Waals surface area contributed by atoms with Gasteiger partial charge in [-0.25, -0.2) is 4.79 Å². The summed E-state index contributed by atoms with van der Waals surface area (Å²) in [6.45, 7) is 1.81. The standard InChI is InChI=1S/C27H31F3N4O3/c28-27(29,30)37-23-13-9-20(10-14-23)17-34(26(35)36)25-6-2-1-5-24(25)32-21-4-3-15-33(18-21)22-11-7-19(16-31)8-12-22/h7-14,21,24-25,32H,1-6,15,17-18H2,(H,35,36)/t21-,24+,25+/m0/s1. The summed E-state index contributed by atoms with van der Waals surface area (Å²) in [4.78, 5) is 16.0. The molecule has 2 N–H and O–H groups in total. The Morgan fingerprint density at radius 2 is 1.78 bits per heavy atom. The number of halogens is 3. The van der Waals surface area contributed by atoms with Crippen LogP contribution in [-0.2, 0) is 6.54 Å². The summed E-state index contributed by atoms with van der Waals surface area (Å²) in [6.07, 6.45) is -0.300. The molecule has 1 heterocycles. The van der Waals surface area contributed by atoms with Crippen LogP contribution >= 0.6 is 0 Å². The van der Waals surface area contributed by atoms with Gasteiger partial charge in [-0.3, -0.25) is 4.90 Å². The molecule has 0 spiro atoms. The number of ether oxygens (including phenoxy) is 1. The Morgan fingerprint density at radius 3 is 2.43 bits per heavy atom. The van der Waals surface area contributed by atoms with Crippen LogP contribution in [0.2, 0.25) is 0 Å². The predicted molar refractivity (Wildman–Crippen MR) is 132 cm³/mol. The van der Waals surface area contributed by atoms with Gasteiger partial charge in [-0.15, -0.1) is 13.2 Å². The molecular weight excluding hydrogens is 485 g/mol. The van der Waals surface area contributed by atoms with Crippen LogP contribution in [0.25, 0.3) is 0 Å². The van der Waals surface area contributed by atoms with Gasteiger partial charge in [0.2, 0.25) is 0 Å². The van der Waals surface area contributed by atoms with Crippen molar-refractivity contribution in [2.45, 2.75) is 69.6 Å². The lowest BCUT2D eigenvalue weighted by Crippen LogP contribution is -2.58. The summed E-state index contributed by atoms with van der Waals surface area (Å²) in [5, 5.41) is 22.8. The number of hydrogen-bond donors (Lipinski definition) is 2. The van der Waals surface area contributed by atoms with Crippen LogP contribution in [-0.4, -0.2) is 53.7 Å². The van der Waals surface area contributed by atoms with E-state index in [-0.39, 0.29) is 30.4 Å². The second kappa shape index (κ2) is 11.7. The molecule has 2 aromatic carbocycles. The van der Waals surface area contributed by atoms with Crippen LogP contribution in [0.4, 0.5) is 23.7 Å². The van der Waals surface area contributed by atoms with Gasteiger partial charge in [0.25, 0.3) is 0 Å². The third-order valence-corrected chi connectivity index (χ3v) is 7.12. The highest BCUT2D eigenvalue weighted by Crippen LogP contribution is 2.28. The summed E-state index contributed by atoms with van der Waals surface area (Å²) in [5.74, 6) is -0.334. The number of alkyl halides is 3. The molecule has 1 saturated heterocycles. The number of hydrogen-bond acceptors (Lipinski definition) is 5. The van der Waals surface area contributed by atoms with E-state index in [1.807, 2.05) is 24.3 Å². The maximum Gasteiger partial charge on any atom is 0.573 e. The minimum atomic E-state index is -4.77. The Bertz CT molecular complexity index is 1090. The Balaban J connectivity index is 1.42. The Kier molecular flexibility index (Phi) is 8.44. The zero-order valence-corrected chi connectivity index (χ0v) is 20.5. The van der Waals surface area contributed by atoms with Gasteiger partial charge in [-0.1, -0.05) is 25.0 Å². The summed E-state index contributed by atoms with van der Waals surface area (Å²) in [7, 11) is 0. The largest absolute Gasteiger partial charge is 0.573 e. The molecule has 2 aromatic rings. The van der Waals surface area contributed by atoms with E-state index in [1.165, 1.54) is 29.2 Å². The zero-order valence-electron chi connectivity index (χ0n) is 20.5. The van der Waals surface area contributed by atoms with Gasteiger partial charge in [0, 0.05) is 37.4 Å². The highest BCUT2D eigenvalue weighted by molar-refractivity contribution is 5.65. The normalized spacial score (nSPS) is 22.2. The fraction of sp³-hybridized carbons (Fsp3) is 0.481. The molecule has 4 rings (SSSR count). The number of piperidine rings is 1. The number of carbonyl (C=O) groups is 1. The van der Waals surface area contributed by atoms with Gasteiger partial charge in [-0.2, -0.15) is 5.26 Å². The van der Waals surface area contributed by atoms with Gasteiger partial charge >= 0.3 is 12.5 Å². The lowest BCUT2D eigenvalue weighted by atomic mass is 9.87. The smallest absolute Gasteiger partial charge is 0.465 e. The molecule has 10 heteroatoms. The van der Waals surface area contributed by atoms with Crippen molar-refractivity contribution in [2.24, 2.45) is 0 Å². The predicted octanol–water partition coefficient (Wildman–Crippen LogP) is 5.51. The first-order chi connectivity index (χ1) is 17.7. The van der Waals surface area contributed by atoms with Gasteiger partial charge in [0.1, 0.15) is 5.75 Å². The Labute approximate surface area is 214 Å². The summed E-state index contributed by atoms with van der Waals surface area (Å²) >= 11 is 0. The lowest BCUT2D eigenvalue weighted by molar-refractivity contribution is -0.274. The molecule has 198 valence electrons. The molecule has 2 aliphatic rings. The van der Waals surface area contributed by atoms with Gasteiger partial charge in [0.15, 0.2) is 0 Å². The summed E-state index contributed by atoms with van der Waals surface area (Å²) < 4.78 is 41.3. The third kappa shape index (κ3) is 7.29. The van der Waals surface area contributed by atoms with Crippen LogP contribution in [0.1, 0.15) is 49.7 Å². The van der Waals surface area contributed by atoms with E-state index in [1.54, 1.807) is 0 Å². The fourth-order valence-corrected chi connectivity index (χ4v) is 5.40. The maximum atomic E-state index is 12.5. The van der Waals surface area contributed by atoms with E-state index in [0.717, 1.165) is 57.3 Å². The number of amides is 1. The van der Waals surface area contributed by atoms with Crippen molar-refractivity contribution in [3.8, 4) is 11.8 Å². The fourth-order valence-electron chi connectivity index (χ4n) is 5.40. The minimum Gasteiger partial charge on any atom is -0.465 e. The van der Waals surface area contributed by atoms with E-state index in [9.17, 15) is 23.1 Å². The second-order valence-electron chi connectivity index (χ2n) is 9.67. The van der Waals surface area contributed by atoms with E-state index < -0.39 is 12.5 Å². The molecular formula is C27H31F3N4O3. The highest BCUT2D eigenvalue weighted by atomic mass is 19.4. The lowest BCUT2D eigenvalue weighted by Gasteiger charge is -2.43. The minimum absolute atomic E-state index is 0.0106. The van der Waals surface area contributed by atoms with Crippen LogP contribution < -0.4 is 15.0 Å². The molecule has 1 aliphatic carbocycles. The molecule has 0 radical (unpaired) electrons. The van der Waals surface area contributed by atoms with Crippen molar-refractivity contribution < 1.29 is 27.8 Å². The van der Waals surface area contributed by atoms with Crippen LogP contribution in [0.15, 0.2) is 48.5 Å². The highest BCUT2D eigenvalue weighted by Gasteiger charge is 2.35. The van der Waals surface area contributed by atoms with E-state index in [4.69, 9.17) is 5.26 Å². The van der Waals surface area contributed by atoms with E-state index in [2.05, 4.69) is 21.0 Å². The number of benzene rings is 2. The quantitative estimate of drug-likeness (QED) is 0.505. The molecule has 2 fully saturated rings. The molecule has 0 bridgehead atoms. The van der Waals surface area contributed by atoms with Crippen LogP contribution in [0, 0.1) is 11.3 Å². The third-order valence-electron chi connectivity index (χ3n) is 7.12. The van der Waals surface area contributed by atoms with Crippen molar-refractivity contribution >= 4 is 11.8 Å². The van der Waals surface area contributed by atoms with Crippen molar-refractivity contribution in [1.82, 2.24) is 10.2 Å². The van der Waals surface area contributed by atoms with Gasteiger partial charge in [-0.05, 0) is 67.6 Å². The van der Waals surface area contributed by atoms with Gasteiger partial charge < -0.3 is 20.1 Å². The molecule has 1 amide bonds. The monoisotopic (exact) mass is 516 g/mol. The molecule has 1 saturated carbocycles. The van der Waals surface area contributed by atoms with E-state index >= 15 is 0 Å². The topological polar surface area (TPSA) is 88.8 Å². The number of nitrogens with one attached hydrogen (secondary N) is 1. The first-order valence-corrected chi connectivity index (χ1v) is 12.6. The molecule has 0 aromatic heterocycles. The molecule has 1 aliphatic heterocycles. The van der Waals surface area contributed by atoms with Crippen molar-refractivity contribution in [3.63, 3.8) is 0 Å². The molecule has 7 nitrogen and oxygen atoms in total. The van der Waals surface area contributed by atoms with Crippen LogP contribution in [0.3, 0.4) is 0 Å². The van der Waals surface area contributed by atoms with Gasteiger partial charge in [0.05, 0.1) is 17.7 Å². The molecule has 3 atom stereocenters. The number of nitriles is 1. The van der Waals surface area contributed by atoms with Crippen molar-refractivity contribution in [1.29, 1.82) is 5.26 Å².